The fraction of sp³-hybridized carbons (Fsp3) is 0.462. The highest BCUT2D eigenvalue weighted by molar-refractivity contribution is 5.75. The van der Waals surface area contributed by atoms with E-state index in [0.29, 0.717) is 12.5 Å². The Kier molecular flexibility index (Phi) is 4.50. The summed E-state index contributed by atoms with van der Waals surface area (Å²) in [4.78, 5) is 13.1. The van der Waals surface area contributed by atoms with Gasteiger partial charge in [0.15, 0.2) is 0 Å². The fourth-order valence-corrected chi connectivity index (χ4v) is 1.51. The molecule has 2 heteroatoms. The summed E-state index contributed by atoms with van der Waals surface area (Å²) in [5.41, 5.74) is 1.29. The van der Waals surface area contributed by atoms with E-state index in [1.165, 1.54) is 5.56 Å². The fourth-order valence-electron chi connectivity index (χ4n) is 1.51. The molecule has 0 aromatic heterocycles. The van der Waals surface area contributed by atoms with E-state index < -0.39 is 0 Å². The number of Topliss-reactive ketones (excluding diaryl/α,β-unsaturated/α-hetero) is 1. The van der Waals surface area contributed by atoms with Crippen LogP contribution in [0.15, 0.2) is 30.3 Å². The summed E-state index contributed by atoms with van der Waals surface area (Å²) in [5, 5.41) is 0. The molecule has 0 aliphatic rings. The minimum Gasteiger partial charge on any atom is -0.300 e. The lowest BCUT2D eigenvalue weighted by molar-refractivity contribution is -0.117. The first-order valence-electron chi connectivity index (χ1n) is 5.36. The number of hydrogen-bond acceptors (Lipinski definition) is 2. The Hall–Kier alpha value is -1.15. The molecule has 0 amide bonds. The van der Waals surface area contributed by atoms with E-state index in [9.17, 15) is 4.79 Å². The molecule has 1 rings (SSSR count). The SMILES string of the molecule is CC(=O)CCN(C)C(C)c1ccccc1. The molecule has 1 aromatic rings. The quantitative estimate of drug-likeness (QED) is 0.736. The number of carbonyl (C=O) groups excluding carboxylic acids is 1. The first kappa shape index (κ1) is 11.9. The number of hydrogen-bond donors (Lipinski definition) is 0. The number of carbonyl (C=O) groups is 1. The smallest absolute Gasteiger partial charge is 0.131 e. The Morgan fingerprint density at radius 1 is 1.33 bits per heavy atom. The van der Waals surface area contributed by atoms with E-state index in [1.807, 2.05) is 18.2 Å². The highest BCUT2D eigenvalue weighted by atomic mass is 16.1. The lowest BCUT2D eigenvalue weighted by Gasteiger charge is -2.24. The molecule has 0 N–H and O–H groups in total. The molecule has 0 aliphatic heterocycles. The lowest BCUT2D eigenvalue weighted by Crippen LogP contribution is -2.24. The van der Waals surface area contributed by atoms with Crippen molar-refractivity contribution in [1.29, 1.82) is 0 Å². The average Bonchev–Trinajstić information content (AvgIpc) is 2.26. The second-order valence-corrected chi connectivity index (χ2v) is 4.02. The van der Waals surface area contributed by atoms with Gasteiger partial charge in [-0.25, -0.2) is 0 Å². The zero-order valence-electron chi connectivity index (χ0n) is 9.73. The Balaban J connectivity index is 2.53. The van der Waals surface area contributed by atoms with E-state index in [0.717, 1.165) is 6.54 Å². The summed E-state index contributed by atoms with van der Waals surface area (Å²) in [6.07, 6.45) is 0.633. The van der Waals surface area contributed by atoms with E-state index in [4.69, 9.17) is 0 Å². The predicted molar refractivity (Wildman–Crippen MR) is 62.8 cm³/mol. The van der Waals surface area contributed by atoms with Crippen LogP contribution in [0.1, 0.15) is 31.9 Å². The van der Waals surface area contributed by atoms with Crippen molar-refractivity contribution in [2.24, 2.45) is 0 Å². The van der Waals surface area contributed by atoms with Crippen molar-refractivity contribution in [3.8, 4) is 0 Å². The Bertz CT molecular complexity index is 308. The number of benzene rings is 1. The van der Waals surface area contributed by atoms with Gasteiger partial charge in [0.2, 0.25) is 0 Å². The summed E-state index contributed by atoms with van der Waals surface area (Å²) in [5.74, 6) is 0.252. The van der Waals surface area contributed by atoms with Gasteiger partial charge in [-0.05, 0) is 26.5 Å². The summed E-state index contributed by atoms with van der Waals surface area (Å²) < 4.78 is 0. The normalized spacial score (nSPS) is 12.8. The minimum atomic E-state index is 0.252. The predicted octanol–water partition coefficient (Wildman–Crippen LogP) is 2.66. The van der Waals surface area contributed by atoms with E-state index in [2.05, 4.69) is 31.0 Å². The molecule has 0 saturated heterocycles. The summed E-state index contributed by atoms with van der Waals surface area (Å²) in [6.45, 7) is 4.63. The molecule has 0 saturated carbocycles. The number of ketones is 1. The van der Waals surface area contributed by atoms with Crippen molar-refractivity contribution < 1.29 is 4.79 Å². The minimum absolute atomic E-state index is 0.252. The maximum atomic E-state index is 10.9. The van der Waals surface area contributed by atoms with Gasteiger partial charge in [-0.3, -0.25) is 9.69 Å². The van der Waals surface area contributed by atoms with Crippen LogP contribution >= 0.6 is 0 Å². The van der Waals surface area contributed by atoms with Crippen molar-refractivity contribution in [2.45, 2.75) is 26.3 Å². The van der Waals surface area contributed by atoms with Crippen molar-refractivity contribution in [1.82, 2.24) is 4.90 Å². The third kappa shape index (κ3) is 3.84. The van der Waals surface area contributed by atoms with Gasteiger partial charge in [-0.2, -0.15) is 0 Å². The standard InChI is InChI=1S/C13H19NO/c1-11(15)9-10-14(3)12(2)13-7-5-4-6-8-13/h4-8,12H,9-10H2,1-3H3. The van der Waals surface area contributed by atoms with Crippen molar-refractivity contribution in [3.05, 3.63) is 35.9 Å². The van der Waals surface area contributed by atoms with E-state index >= 15 is 0 Å². The van der Waals surface area contributed by atoms with Crippen molar-refractivity contribution in [2.75, 3.05) is 13.6 Å². The van der Waals surface area contributed by atoms with Gasteiger partial charge in [0.05, 0.1) is 0 Å². The van der Waals surface area contributed by atoms with Crippen LogP contribution in [0, 0.1) is 0 Å². The van der Waals surface area contributed by atoms with Crippen LogP contribution < -0.4 is 0 Å². The molecule has 82 valence electrons. The molecule has 1 aromatic carbocycles. The summed E-state index contributed by atoms with van der Waals surface area (Å²) in [6, 6.07) is 10.7. The third-order valence-corrected chi connectivity index (χ3v) is 2.76. The van der Waals surface area contributed by atoms with Gasteiger partial charge in [-0.15, -0.1) is 0 Å². The van der Waals surface area contributed by atoms with Crippen LogP contribution in [0.25, 0.3) is 0 Å². The first-order valence-corrected chi connectivity index (χ1v) is 5.36. The van der Waals surface area contributed by atoms with Crippen LogP contribution in [0.4, 0.5) is 0 Å². The largest absolute Gasteiger partial charge is 0.300 e. The van der Waals surface area contributed by atoms with Gasteiger partial charge < -0.3 is 0 Å². The van der Waals surface area contributed by atoms with Crippen LogP contribution in [0.5, 0.6) is 0 Å². The van der Waals surface area contributed by atoms with Gasteiger partial charge in [0.1, 0.15) is 5.78 Å². The highest BCUT2D eigenvalue weighted by Crippen LogP contribution is 2.17. The third-order valence-electron chi connectivity index (χ3n) is 2.76. The maximum absolute atomic E-state index is 10.9. The molecule has 0 fully saturated rings. The highest BCUT2D eigenvalue weighted by Gasteiger charge is 2.10. The van der Waals surface area contributed by atoms with Crippen LogP contribution in [0.3, 0.4) is 0 Å². The molecule has 0 aliphatic carbocycles. The molecular formula is C13H19NO. The molecule has 0 radical (unpaired) electrons. The molecule has 0 spiro atoms. The van der Waals surface area contributed by atoms with E-state index in [-0.39, 0.29) is 5.78 Å². The zero-order chi connectivity index (χ0) is 11.3. The van der Waals surface area contributed by atoms with Crippen LogP contribution in [-0.4, -0.2) is 24.3 Å². The molecule has 15 heavy (non-hydrogen) atoms. The molecular weight excluding hydrogens is 186 g/mol. The van der Waals surface area contributed by atoms with E-state index in [1.54, 1.807) is 6.92 Å². The maximum Gasteiger partial charge on any atom is 0.131 e. The van der Waals surface area contributed by atoms with Gasteiger partial charge in [0.25, 0.3) is 0 Å². The van der Waals surface area contributed by atoms with Crippen LogP contribution in [0.2, 0.25) is 0 Å². The van der Waals surface area contributed by atoms with Crippen LogP contribution in [-0.2, 0) is 4.79 Å². The van der Waals surface area contributed by atoms with Crippen molar-refractivity contribution in [3.63, 3.8) is 0 Å². The molecule has 0 bridgehead atoms. The van der Waals surface area contributed by atoms with Gasteiger partial charge in [-0.1, -0.05) is 30.3 Å². The number of rotatable bonds is 5. The Morgan fingerprint density at radius 3 is 2.47 bits per heavy atom. The molecule has 2 nitrogen and oxygen atoms in total. The second-order valence-electron chi connectivity index (χ2n) is 4.02. The number of nitrogens with zero attached hydrogens (tertiary/aromatic N) is 1. The Labute approximate surface area is 91.9 Å². The average molecular weight is 205 g/mol. The molecule has 1 atom stereocenters. The Morgan fingerprint density at radius 2 is 1.93 bits per heavy atom. The van der Waals surface area contributed by atoms with Gasteiger partial charge in [0, 0.05) is 19.0 Å². The first-order chi connectivity index (χ1) is 7.11. The summed E-state index contributed by atoms with van der Waals surface area (Å²) >= 11 is 0. The molecule has 0 heterocycles. The monoisotopic (exact) mass is 205 g/mol. The topological polar surface area (TPSA) is 20.3 Å². The molecule has 1 unspecified atom stereocenters. The summed E-state index contributed by atoms with van der Waals surface area (Å²) in [7, 11) is 2.06. The second kappa shape index (κ2) is 5.66. The van der Waals surface area contributed by atoms with Crippen molar-refractivity contribution >= 4 is 5.78 Å². The zero-order valence-corrected chi connectivity index (χ0v) is 9.73. The van der Waals surface area contributed by atoms with Gasteiger partial charge >= 0.3 is 0 Å². The lowest BCUT2D eigenvalue weighted by atomic mass is 10.1.